The van der Waals surface area contributed by atoms with Gasteiger partial charge in [-0.2, -0.15) is 13.2 Å². The van der Waals surface area contributed by atoms with Crippen LogP contribution in [-0.2, 0) is 6.18 Å². The monoisotopic (exact) mass is 318 g/mol. The van der Waals surface area contributed by atoms with Gasteiger partial charge in [-0.3, -0.25) is 4.79 Å². The van der Waals surface area contributed by atoms with E-state index < -0.39 is 17.0 Å². The lowest BCUT2D eigenvalue weighted by molar-refractivity contribution is -0.137. The van der Waals surface area contributed by atoms with Crippen molar-refractivity contribution in [2.75, 3.05) is 0 Å². The molecule has 0 N–H and O–H groups in total. The van der Waals surface area contributed by atoms with Gasteiger partial charge in [0.05, 0.1) is 16.1 Å². The molecule has 0 aliphatic carbocycles. The van der Waals surface area contributed by atoms with Crippen molar-refractivity contribution in [2.45, 2.75) is 6.18 Å². The summed E-state index contributed by atoms with van der Waals surface area (Å²) in [6, 6.07) is 9.14. The first-order chi connectivity index (χ1) is 9.29. The van der Waals surface area contributed by atoms with Gasteiger partial charge in [0.25, 0.3) is 5.24 Å². The molecule has 20 heavy (non-hydrogen) atoms. The second-order valence-corrected chi connectivity index (χ2v) is 4.80. The van der Waals surface area contributed by atoms with Crippen LogP contribution in [-0.4, -0.2) is 5.24 Å². The number of carbonyl (C=O) groups is 1. The molecule has 0 aromatic heterocycles. The average Bonchev–Trinajstić information content (AvgIpc) is 2.37. The normalized spacial score (nSPS) is 11.4. The van der Waals surface area contributed by atoms with Crippen molar-refractivity contribution in [2.24, 2.45) is 0 Å². The summed E-state index contributed by atoms with van der Waals surface area (Å²) in [6.45, 7) is 0. The molecule has 0 unspecified atom stereocenters. The van der Waals surface area contributed by atoms with Crippen molar-refractivity contribution in [1.29, 1.82) is 0 Å². The SMILES string of the molecule is O=C(Cl)c1ccc(-c2cccc(C(F)(F)F)c2)cc1Cl. The van der Waals surface area contributed by atoms with E-state index in [9.17, 15) is 18.0 Å². The third kappa shape index (κ3) is 3.14. The maximum atomic E-state index is 12.6. The van der Waals surface area contributed by atoms with Crippen molar-refractivity contribution >= 4 is 28.4 Å². The Morgan fingerprint density at radius 1 is 1.00 bits per heavy atom. The van der Waals surface area contributed by atoms with Crippen molar-refractivity contribution in [3.05, 3.63) is 58.6 Å². The molecule has 1 nitrogen and oxygen atoms in total. The van der Waals surface area contributed by atoms with Gasteiger partial charge >= 0.3 is 6.18 Å². The van der Waals surface area contributed by atoms with Gasteiger partial charge in [-0.15, -0.1) is 0 Å². The van der Waals surface area contributed by atoms with Crippen LogP contribution in [0.3, 0.4) is 0 Å². The van der Waals surface area contributed by atoms with Crippen LogP contribution in [0.1, 0.15) is 15.9 Å². The Bertz CT molecular complexity index is 666. The van der Waals surface area contributed by atoms with Gasteiger partial charge in [0.2, 0.25) is 0 Å². The third-order valence-electron chi connectivity index (χ3n) is 2.70. The van der Waals surface area contributed by atoms with Crippen LogP contribution in [0.2, 0.25) is 5.02 Å². The Hall–Kier alpha value is -1.52. The highest BCUT2D eigenvalue weighted by atomic mass is 35.5. The third-order valence-corrected chi connectivity index (χ3v) is 3.22. The Kier molecular flexibility index (Phi) is 4.06. The highest BCUT2D eigenvalue weighted by Crippen LogP contribution is 2.33. The fourth-order valence-corrected chi connectivity index (χ4v) is 2.21. The smallest absolute Gasteiger partial charge is 0.276 e. The molecule has 0 spiro atoms. The molecule has 104 valence electrons. The molecule has 2 rings (SSSR count). The first-order valence-corrected chi connectivity index (χ1v) is 6.21. The Morgan fingerprint density at radius 3 is 2.20 bits per heavy atom. The molecular formula is C14H7Cl2F3O. The zero-order chi connectivity index (χ0) is 14.9. The summed E-state index contributed by atoms with van der Waals surface area (Å²) in [7, 11) is 0. The molecule has 0 aliphatic rings. The first kappa shape index (κ1) is 14.9. The van der Waals surface area contributed by atoms with Gasteiger partial charge in [0.15, 0.2) is 0 Å². The van der Waals surface area contributed by atoms with Crippen LogP contribution < -0.4 is 0 Å². The van der Waals surface area contributed by atoms with Gasteiger partial charge in [-0.05, 0) is 47.0 Å². The Morgan fingerprint density at radius 2 is 1.65 bits per heavy atom. The van der Waals surface area contributed by atoms with Crippen LogP contribution in [0.4, 0.5) is 13.2 Å². The lowest BCUT2D eigenvalue weighted by Crippen LogP contribution is -2.04. The van der Waals surface area contributed by atoms with Crippen LogP contribution in [0, 0.1) is 0 Å². The van der Waals surface area contributed by atoms with E-state index in [2.05, 4.69) is 0 Å². The van der Waals surface area contributed by atoms with Gasteiger partial charge in [-0.25, -0.2) is 0 Å². The van der Waals surface area contributed by atoms with E-state index in [1.54, 1.807) is 0 Å². The zero-order valence-electron chi connectivity index (χ0n) is 9.84. The molecular weight excluding hydrogens is 312 g/mol. The number of hydrogen-bond acceptors (Lipinski definition) is 1. The lowest BCUT2D eigenvalue weighted by Gasteiger charge is -2.09. The van der Waals surface area contributed by atoms with Crippen molar-refractivity contribution in [3.63, 3.8) is 0 Å². The lowest BCUT2D eigenvalue weighted by atomic mass is 10.0. The maximum Gasteiger partial charge on any atom is 0.416 e. The molecule has 6 heteroatoms. The predicted molar refractivity (Wildman–Crippen MR) is 72.1 cm³/mol. The molecule has 0 heterocycles. The fourth-order valence-electron chi connectivity index (χ4n) is 1.73. The zero-order valence-corrected chi connectivity index (χ0v) is 11.4. The summed E-state index contributed by atoms with van der Waals surface area (Å²) in [5, 5.41) is -0.620. The quantitative estimate of drug-likeness (QED) is 0.677. The summed E-state index contributed by atoms with van der Waals surface area (Å²) in [4.78, 5) is 11.0. The van der Waals surface area contributed by atoms with E-state index in [-0.39, 0.29) is 10.6 Å². The first-order valence-electron chi connectivity index (χ1n) is 5.46. The number of carbonyl (C=O) groups excluding carboxylic acids is 1. The topological polar surface area (TPSA) is 17.1 Å². The van der Waals surface area contributed by atoms with E-state index in [0.717, 1.165) is 12.1 Å². The van der Waals surface area contributed by atoms with Crippen molar-refractivity contribution < 1.29 is 18.0 Å². The van der Waals surface area contributed by atoms with E-state index >= 15 is 0 Å². The number of rotatable bonds is 2. The van der Waals surface area contributed by atoms with Crippen molar-refractivity contribution in [3.8, 4) is 11.1 Å². The molecule has 0 saturated heterocycles. The largest absolute Gasteiger partial charge is 0.416 e. The summed E-state index contributed by atoms with van der Waals surface area (Å²) in [5.74, 6) is 0. The highest BCUT2D eigenvalue weighted by Gasteiger charge is 2.30. The molecule has 0 aliphatic heterocycles. The fraction of sp³-hybridized carbons (Fsp3) is 0.0714. The minimum absolute atomic E-state index is 0.0971. The Labute approximate surface area is 122 Å². The Balaban J connectivity index is 2.47. The van der Waals surface area contributed by atoms with Crippen LogP contribution in [0.25, 0.3) is 11.1 Å². The van der Waals surface area contributed by atoms with Gasteiger partial charge in [0, 0.05) is 0 Å². The van der Waals surface area contributed by atoms with E-state index in [0.29, 0.717) is 11.1 Å². The molecule has 0 radical (unpaired) electrons. The maximum absolute atomic E-state index is 12.6. The minimum atomic E-state index is -4.41. The van der Waals surface area contributed by atoms with E-state index in [4.69, 9.17) is 23.2 Å². The van der Waals surface area contributed by atoms with Crippen LogP contribution in [0.5, 0.6) is 0 Å². The second kappa shape index (κ2) is 5.46. The molecule has 0 atom stereocenters. The van der Waals surface area contributed by atoms with Gasteiger partial charge in [0.1, 0.15) is 0 Å². The van der Waals surface area contributed by atoms with Gasteiger partial charge in [-0.1, -0.05) is 29.8 Å². The van der Waals surface area contributed by atoms with E-state index in [1.807, 2.05) is 0 Å². The molecule has 2 aromatic rings. The summed E-state index contributed by atoms with van der Waals surface area (Å²) >= 11 is 11.2. The van der Waals surface area contributed by atoms with Crippen molar-refractivity contribution in [1.82, 2.24) is 0 Å². The standard InChI is InChI=1S/C14H7Cl2F3O/c15-12-7-9(4-5-11(12)13(16)20)8-2-1-3-10(6-8)14(17,18)19/h1-7H. The van der Waals surface area contributed by atoms with Crippen LogP contribution in [0.15, 0.2) is 42.5 Å². The number of hydrogen-bond donors (Lipinski definition) is 0. The number of alkyl halides is 3. The molecule has 0 bridgehead atoms. The van der Waals surface area contributed by atoms with Crippen LogP contribution >= 0.6 is 23.2 Å². The summed E-state index contributed by atoms with van der Waals surface area (Å²) in [6.07, 6.45) is -4.41. The number of halogens is 5. The highest BCUT2D eigenvalue weighted by molar-refractivity contribution is 6.68. The summed E-state index contributed by atoms with van der Waals surface area (Å²) < 4.78 is 37.9. The summed E-state index contributed by atoms with van der Waals surface area (Å²) in [5.41, 5.74) is 0.200. The number of benzene rings is 2. The van der Waals surface area contributed by atoms with E-state index in [1.165, 1.54) is 30.3 Å². The predicted octanol–water partition coefficient (Wildman–Crippen LogP) is 5.40. The average molecular weight is 319 g/mol. The molecule has 2 aromatic carbocycles. The van der Waals surface area contributed by atoms with Gasteiger partial charge < -0.3 is 0 Å². The molecule has 0 saturated carbocycles. The second-order valence-electron chi connectivity index (χ2n) is 4.05. The molecule has 0 fully saturated rings. The minimum Gasteiger partial charge on any atom is -0.276 e. The molecule has 0 amide bonds.